The van der Waals surface area contributed by atoms with E-state index >= 15 is 0 Å². The molecule has 1 atom stereocenters. The smallest absolute Gasteiger partial charge is 0.213 e. The third-order valence-electron chi connectivity index (χ3n) is 2.08. The lowest BCUT2D eigenvalue weighted by Crippen LogP contribution is -2.11. The zero-order valence-corrected chi connectivity index (χ0v) is 9.08. The van der Waals surface area contributed by atoms with Crippen molar-refractivity contribution in [2.24, 2.45) is 0 Å². The summed E-state index contributed by atoms with van der Waals surface area (Å²) >= 11 is 0. The minimum absolute atomic E-state index is 0.229. The molecule has 0 saturated carbocycles. The summed E-state index contributed by atoms with van der Waals surface area (Å²) in [5, 5.41) is 3.10. The number of ether oxygens (including phenoxy) is 1. The fourth-order valence-corrected chi connectivity index (χ4v) is 1.12. The van der Waals surface area contributed by atoms with Crippen molar-refractivity contribution >= 4 is 0 Å². The van der Waals surface area contributed by atoms with Gasteiger partial charge in [-0.05, 0) is 32.0 Å². The highest BCUT2D eigenvalue weighted by atomic mass is 16.5. The SMILES string of the molecule is CCC(C)Oc1cc(CNC)ccn1. The van der Waals surface area contributed by atoms with Crippen LogP contribution in [0.5, 0.6) is 5.88 Å². The van der Waals surface area contributed by atoms with Crippen molar-refractivity contribution in [3.8, 4) is 5.88 Å². The molecule has 0 radical (unpaired) electrons. The minimum atomic E-state index is 0.229. The first-order valence-electron chi connectivity index (χ1n) is 5.02. The van der Waals surface area contributed by atoms with E-state index in [1.165, 1.54) is 5.56 Å². The summed E-state index contributed by atoms with van der Waals surface area (Å²) in [6.07, 6.45) is 3.01. The molecule has 0 amide bonds. The summed E-state index contributed by atoms with van der Waals surface area (Å²) in [6, 6.07) is 3.96. The second-order valence-corrected chi connectivity index (χ2v) is 3.37. The molecular formula is C11H18N2O. The van der Waals surface area contributed by atoms with Gasteiger partial charge in [0.1, 0.15) is 0 Å². The van der Waals surface area contributed by atoms with E-state index in [2.05, 4.69) is 17.2 Å². The van der Waals surface area contributed by atoms with E-state index in [-0.39, 0.29) is 6.10 Å². The maximum absolute atomic E-state index is 5.61. The molecule has 0 aliphatic carbocycles. The number of rotatable bonds is 5. The molecule has 1 rings (SSSR count). The van der Waals surface area contributed by atoms with Gasteiger partial charge in [0.2, 0.25) is 5.88 Å². The third kappa shape index (κ3) is 3.34. The molecule has 1 heterocycles. The number of hydrogen-bond donors (Lipinski definition) is 1. The number of pyridine rings is 1. The molecule has 0 aliphatic heterocycles. The maximum Gasteiger partial charge on any atom is 0.213 e. The van der Waals surface area contributed by atoms with Crippen LogP contribution in [-0.4, -0.2) is 18.1 Å². The second-order valence-electron chi connectivity index (χ2n) is 3.37. The van der Waals surface area contributed by atoms with Crippen LogP contribution in [0.25, 0.3) is 0 Å². The molecule has 1 N–H and O–H groups in total. The highest BCUT2D eigenvalue weighted by molar-refractivity contribution is 5.20. The highest BCUT2D eigenvalue weighted by Gasteiger charge is 2.02. The number of aromatic nitrogens is 1. The van der Waals surface area contributed by atoms with Gasteiger partial charge in [0, 0.05) is 18.8 Å². The quantitative estimate of drug-likeness (QED) is 0.778. The predicted molar refractivity (Wildman–Crippen MR) is 57.4 cm³/mol. The van der Waals surface area contributed by atoms with Gasteiger partial charge >= 0.3 is 0 Å². The van der Waals surface area contributed by atoms with Crippen molar-refractivity contribution in [2.75, 3.05) is 7.05 Å². The Morgan fingerprint density at radius 1 is 1.57 bits per heavy atom. The van der Waals surface area contributed by atoms with Crippen LogP contribution >= 0.6 is 0 Å². The molecule has 1 aromatic heterocycles. The number of nitrogens with one attached hydrogen (secondary N) is 1. The first-order chi connectivity index (χ1) is 6.76. The van der Waals surface area contributed by atoms with E-state index in [0.717, 1.165) is 13.0 Å². The largest absolute Gasteiger partial charge is 0.475 e. The molecule has 0 aromatic carbocycles. The Balaban J connectivity index is 2.63. The summed E-state index contributed by atoms with van der Waals surface area (Å²) < 4.78 is 5.61. The van der Waals surface area contributed by atoms with Crippen LogP contribution in [0.4, 0.5) is 0 Å². The van der Waals surface area contributed by atoms with Gasteiger partial charge in [-0.3, -0.25) is 0 Å². The molecule has 1 aromatic rings. The van der Waals surface area contributed by atoms with Crippen molar-refractivity contribution in [1.29, 1.82) is 0 Å². The standard InChI is InChI=1S/C11H18N2O/c1-4-9(2)14-11-7-10(8-12-3)5-6-13-11/h5-7,9,12H,4,8H2,1-3H3. The fraction of sp³-hybridized carbons (Fsp3) is 0.545. The maximum atomic E-state index is 5.61. The molecule has 3 heteroatoms. The average Bonchev–Trinajstić information content (AvgIpc) is 2.19. The molecule has 0 spiro atoms. The van der Waals surface area contributed by atoms with Crippen LogP contribution in [0, 0.1) is 0 Å². The molecule has 0 saturated heterocycles. The van der Waals surface area contributed by atoms with Crippen LogP contribution in [-0.2, 0) is 6.54 Å². The fourth-order valence-electron chi connectivity index (χ4n) is 1.12. The van der Waals surface area contributed by atoms with Gasteiger partial charge in [0.05, 0.1) is 6.10 Å². The van der Waals surface area contributed by atoms with Crippen molar-refractivity contribution in [2.45, 2.75) is 32.9 Å². The van der Waals surface area contributed by atoms with Crippen molar-refractivity contribution < 1.29 is 4.74 Å². The first kappa shape index (κ1) is 11.0. The zero-order chi connectivity index (χ0) is 10.4. The van der Waals surface area contributed by atoms with Crippen molar-refractivity contribution in [1.82, 2.24) is 10.3 Å². The Morgan fingerprint density at radius 2 is 2.36 bits per heavy atom. The highest BCUT2D eigenvalue weighted by Crippen LogP contribution is 2.11. The Kier molecular flexibility index (Phi) is 4.40. The van der Waals surface area contributed by atoms with E-state index < -0.39 is 0 Å². The van der Waals surface area contributed by atoms with E-state index in [4.69, 9.17) is 4.74 Å². The molecule has 78 valence electrons. The van der Waals surface area contributed by atoms with Crippen LogP contribution < -0.4 is 10.1 Å². The number of nitrogens with zero attached hydrogens (tertiary/aromatic N) is 1. The van der Waals surface area contributed by atoms with Crippen LogP contribution in [0.3, 0.4) is 0 Å². The van der Waals surface area contributed by atoms with E-state index in [0.29, 0.717) is 5.88 Å². The van der Waals surface area contributed by atoms with E-state index in [1.807, 2.05) is 26.1 Å². The molecule has 1 unspecified atom stereocenters. The van der Waals surface area contributed by atoms with Gasteiger partial charge in [-0.15, -0.1) is 0 Å². The van der Waals surface area contributed by atoms with Crippen LogP contribution in [0.2, 0.25) is 0 Å². The minimum Gasteiger partial charge on any atom is -0.475 e. The van der Waals surface area contributed by atoms with Crippen molar-refractivity contribution in [3.63, 3.8) is 0 Å². The summed E-state index contributed by atoms with van der Waals surface area (Å²) in [5.74, 6) is 0.715. The van der Waals surface area contributed by atoms with E-state index in [9.17, 15) is 0 Å². The lowest BCUT2D eigenvalue weighted by molar-refractivity contribution is 0.208. The summed E-state index contributed by atoms with van der Waals surface area (Å²) in [5.41, 5.74) is 1.20. The van der Waals surface area contributed by atoms with Crippen LogP contribution in [0.1, 0.15) is 25.8 Å². The monoisotopic (exact) mass is 194 g/mol. The lowest BCUT2D eigenvalue weighted by Gasteiger charge is -2.11. The van der Waals surface area contributed by atoms with Gasteiger partial charge in [-0.2, -0.15) is 0 Å². The first-order valence-corrected chi connectivity index (χ1v) is 5.02. The Hall–Kier alpha value is -1.09. The third-order valence-corrected chi connectivity index (χ3v) is 2.08. The molecule has 3 nitrogen and oxygen atoms in total. The Labute approximate surface area is 85.5 Å². The molecular weight excluding hydrogens is 176 g/mol. The normalized spacial score (nSPS) is 12.5. The Bertz CT molecular complexity index is 276. The van der Waals surface area contributed by atoms with Gasteiger partial charge < -0.3 is 10.1 Å². The molecule has 0 fully saturated rings. The van der Waals surface area contributed by atoms with Gasteiger partial charge in [0.15, 0.2) is 0 Å². The van der Waals surface area contributed by atoms with E-state index in [1.54, 1.807) is 6.20 Å². The lowest BCUT2D eigenvalue weighted by atomic mass is 10.2. The summed E-state index contributed by atoms with van der Waals surface area (Å²) in [4.78, 5) is 4.16. The number of hydrogen-bond acceptors (Lipinski definition) is 3. The summed E-state index contributed by atoms with van der Waals surface area (Å²) in [7, 11) is 1.93. The Morgan fingerprint density at radius 3 is 3.00 bits per heavy atom. The topological polar surface area (TPSA) is 34.1 Å². The van der Waals surface area contributed by atoms with Crippen LogP contribution in [0.15, 0.2) is 18.3 Å². The molecule has 14 heavy (non-hydrogen) atoms. The zero-order valence-electron chi connectivity index (χ0n) is 9.08. The molecule has 0 aliphatic rings. The van der Waals surface area contributed by atoms with Gasteiger partial charge in [0.25, 0.3) is 0 Å². The predicted octanol–water partition coefficient (Wildman–Crippen LogP) is 1.98. The second kappa shape index (κ2) is 5.60. The molecule has 0 bridgehead atoms. The van der Waals surface area contributed by atoms with Gasteiger partial charge in [-0.1, -0.05) is 6.92 Å². The summed E-state index contributed by atoms with van der Waals surface area (Å²) in [6.45, 7) is 4.99. The average molecular weight is 194 g/mol. The van der Waals surface area contributed by atoms with Gasteiger partial charge in [-0.25, -0.2) is 4.98 Å². The van der Waals surface area contributed by atoms with Crippen molar-refractivity contribution in [3.05, 3.63) is 23.9 Å².